The van der Waals surface area contributed by atoms with E-state index < -0.39 is 35.1 Å². The van der Waals surface area contributed by atoms with E-state index in [-0.39, 0.29) is 13.0 Å². The van der Waals surface area contributed by atoms with Gasteiger partial charge in [-0.15, -0.1) is 0 Å². The van der Waals surface area contributed by atoms with Crippen LogP contribution >= 0.6 is 0 Å². The fraction of sp³-hybridized carbons (Fsp3) is 0.714. The number of hydrogen-bond donors (Lipinski definition) is 2. The van der Waals surface area contributed by atoms with Crippen LogP contribution in [0.15, 0.2) is 0 Å². The monoisotopic (exact) mass is 296 g/mol. The SMILES string of the molecule is CCC1C(=O)NC(=O)CN1C(=O)CC1(C(=O)O)CCCC1. The quantitative estimate of drug-likeness (QED) is 0.725. The molecule has 1 saturated heterocycles. The summed E-state index contributed by atoms with van der Waals surface area (Å²) in [5, 5.41) is 11.6. The number of carbonyl (C=O) groups excluding carboxylic acids is 3. The summed E-state index contributed by atoms with van der Waals surface area (Å²) in [6, 6.07) is -0.692. The molecule has 1 heterocycles. The molecule has 7 heteroatoms. The van der Waals surface area contributed by atoms with Crippen LogP contribution in [0.25, 0.3) is 0 Å². The Morgan fingerprint density at radius 3 is 2.48 bits per heavy atom. The van der Waals surface area contributed by atoms with Gasteiger partial charge in [-0.05, 0) is 19.3 Å². The Labute approximate surface area is 122 Å². The molecule has 2 aliphatic rings. The number of carbonyl (C=O) groups is 4. The molecule has 1 unspecified atom stereocenters. The molecule has 0 aromatic carbocycles. The topological polar surface area (TPSA) is 104 Å². The third-order valence-electron chi connectivity index (χ3n) is 4.47. The third kappa shape index (κ3) is 2.91. The van der Waals surface area contributed by atoms with E-state index in [2.05, 4.69) is 5.32 Å². The molecule has 2 rings (SSSR count). The summed E-state index contributed by atoms with van der Waals surface area (Å²) in [7, 11) is 0. The molecule has 0 aromatic rings. The highest BCUT2D eigenvalue weighted by Gasteiger charge is 2.45. The summed E-state index contributed by atoms with van der Waals surface area (Å²) in [4.78, 5) is 48.4. The lowest BCUT2D eigenvalue weighted by atomic mass is 9.82. The third-order valence-corrected chi connectivity index (χ3v) is 4.47. The van der Waals surface area contributed by atoms with Crippen LogP contribution in [-0.2, 0) is 19.2 Å². The van der Waals surface area contributed by atoms with E-state index >= 15 is 0 Å². The number of nitrogens with one attached hydrogen (secondary N) is 1. The fourth-order valence-electron chi connectivity index (χ4n) is 3.24. The predicted molar refractivity (Wildman–Crippen MR) is 72.1 cm³/mol. The van der Waals surface area contributed by atoms with Gasteiger partial charge in [-0.1, -0.05) is 19.8 Å². The molecular formula is C14H20N2O5. The zero-order valence-electron chi connectivity index (χ0n) is 12.1. The Morgan fingerprint density at radius 1 is 1.33 bits per heavy atom. The van der Waals surface area contributed by atoms with E-state index in [4.69, 9.17) is 0 Å². The summed E-state index contributed by atoms with van der Waals surface area (Å²) in [6.07, 6.45) is 2.77. The predicted octanol–water partition coefficient (Wildman–Crippen LogP) is 0.285. The van der Waals surface area contributed by atoms with Gasteiger partial charge in [0.15, 0.2) is 0 Å². The van der Waals surface area contributed by atoms with Crippen molar-refractivity contribution in [3.8, 4) is 0 Å². The molecule has 0 spiro atoms. The van der Waals surface area contributed by atoms with E-state index in [1.165, 1.54) is 4.90 Å². The maximum Gasteiger partial charge on any atom is 0.310 e. The smallest absolute Gasteiger partial charge is 0.310 e. The van der Waals surface area contributed by atoms with Gasteiger partial charge in [0, 0.05) is 6.42 Å². The Morgan fingerprint density at radius 2 is 1.95 bits per heavy atom. The number of carboxylic acids is 1. The summed E-state index contributed by atoms with van der Waals surface area (Å²) in [6.45, 7) is 1.57. The molecule has 1 aliphatic heterocycles. The average molecular weight is 296 g/mol. The second-order valence-corrected chi connectivity index (χ2v) is 5.83. The molecule has 3 amide bonds. The molecule has 1 atom stereocenters. The summed E-state index contributed by atoms with van der Waals surface area (Å²) in [5.41, 5.74) is -1.04. The molecule has 2 N–H and O–H groups in total. The zero-order chi connectivity index (χ0) is 15.6. The van der Waals surface area contributed by atoms with Crippen molar-refractivity contribution in [3.05, 3.63) is 0 Å². The van der Waals surface area contributed by atoms with E-state index in [9.17, 15) is 24.3 Å². The van der Waals surface area contributed by atoms with Gasteiger partial charge in [-0.25, -0.2) is 0 Å². The van der Waals surface area contributed by atoms with Gasteiger partial charge in [0.05, 0.1) is 5.41 Å². The lowest BCUT2D eigenvalue weighted by Gasteiger charge is -2.35. The second-order valence-electron chi connectivity index (χ2n) is 5.83. The number of aliphatic carboxylic acids is 1. The lowest BCUT2D eigenvalue weighted by molar-refractivity contribution is -0.157. The molecule has 2 fully saturated rings. The number of rotatable bonds is 4. The summed E-state index contributed by atoms with van der Waals surface area (Å²) < 4.78 is 0. The summed E-state index contributed by atoms with van der Waals surface area (Å²) >= 11 is 0. The molecule has 0 radical (unpaired) electrons. The highest BCUT2D eigenvalue weighted by atomic mass is 16.4. The maximum atomic E-state index is 12.5. The van der Waals surface area contributed by atoms with Crippen LogP contribution in [0.4, 0.5) is 0 Å². The molecule has 21 heavy (non-hydrogen) atoms. The Kier molecular flexibility index (Phi) is 4.29. The Balaban J connectivity index is 2.15. The van der Waals surface area contributed by atoms with E-state index in [0.717, 1.165) is 12.8 Å². The van der Waals surface area contributed by atoms with E-state index in [0.29, 0.717) is 19.3 Å². The van der Waals surface area contributed by atoms with Gasteiger partial charge >= 0.3 is 5.97 Å². The molecule has 116 valence electrons. The van der Waals surface area contributed by atoms with Crippen LogP contribution in [0.2, 0.25) is 0 Å². The van der Waals surface area contributed by atoms with Crippen LogP contribution in [0, 0.1) is 5.41 Å². The maximum absolute atomic E-state index is 12.5. The van der Waals surface area contributed by atoms with Crippen molar-refractivity contribution in [1.29, 1.82) is 0 Å². The number of piperazine rings is 1. The van der Waals surface area contributed by atoms with Crippen molar-refractivity contribution < 1.29 is 24.3 Å². The van der Waals surface area contributed by atoms with Crippen molar-refractivity contribution in [3.63, 3.8) is 0 Å². The van der Waals surface area contributed by atoms with Gasteiger partial charge in [0.25, 0.3) is 0 Å². The Bertz CT molecular complexity index is 482. The number of hydrogen-bond acceptors (Lipinski definition) is 4. The van der Waals surface area contributed by atoms with Crippen LogP contribution in [0.1, 0.15) is 45.4 Å². The molecule has 1 aliphatic carbocycles. The Hall–Kier alpha value is -1.92. The normalized spacial score (nSPS) is 24.8. The van der Waals surface area contributed by atoms with Crippen molar-refractivity contribution in [2.45, 2.75) is 51.5 Å². The number of imide groups is 1. The lowest BCUT2D eigenvalue weighted by Crippen LogP contribution is -2.60. The first-order valence-corrected chi connectivity index (χ1v) is 7.26. The minimum atomic E-state index is -1.04. The van der Waals surface area contributed by atoms with Gasteiger partial charge in [-0.2, -0.15) is 0 Å². The summed E-state index contributed by atoms with van der Waals surface area (Å²) in [5.74, 6) is -2.39. The largest absolute Gasteiger partial charge is 0.481 e. The van der Waals surface area contributed by atoms with Crippen molar-refractivity contribution in [2.24, 2.45) is 5.41 Å². The first-order chi connectivity index (χ1) is 9.89. The van der Waals surface area contributed by atoms with Crippen molar-refractivity contribution in [2.75, 3.05) is 6.54 Å². The molecule has 0 bridgehead atoms. The van der Waals surface area contributed by atoms with Gasteiger partial charge < -0.3 is 10.0 Å². The van der Waals surface area contributed by atoms with Gasteiger partial charge in [0.1, 0.15) is 12.6 Å². The van der Waals surface area contributed by atoms with Gasteiger partial charge in [0.2, 0.25) is 17.7 Å². The van der Waals surface area contributed by atoms with Crippen LogP contribution in [0.3, 0.4) is 0 Å². The molecule has 7 nitrogen and oxygen atoms in total. The van der Waals surface area contributed by atoms with Crippen LogP contribution in [0.5, 0.6) is 0 Å². The zero-order valence-corrected chi connectivity index (χ0v) is 12.1. The minimum absolute atomic E-state index is 0.139. The standard InChI is InChI=1S/C14H20N2O5/c1-2-9-12(19)15-10(17)8-16(9)11(18)7-14(13(20)21)5-3-4-6-14/h9H,2-8H2,1H3,(H,20,21)(H,15,17,19). The number of carboxylic acid groups (broad SMARTS) is 1. The minimum Gasteiger partial charge on any atom is -0.481 e. The van der Waals surface area contributed by atoms with Gasteiger partial charge in [-0.3, -0.25) is 24.5 Å². The highest BCUT2D eigenvalue weighted by Crippen LogP contribution is 2.42. The van der Waals surface area contributed by atoms with E-state index in [1.54, 1.807) is 6.92 Å². The average Bonchev–Trinajstić information content (AvgIpc) is 2.87. The first-order valence-electron chi connectivity index (χ1n) is 7.26. The second kappa shape index (κ2) is 5.83. The van der Waals surface area contributed by atoms with Crippen LogP contribution in [-0.4, -0.2) is 46.3 Å². The van der Waals surface area contributed by atoms with Crippen molar-refractivity contribution >= 4 is 23.7 Å². The van der Waals surface area contributed by atoms with Crippen LogP contribution < -0.4 is 5.32 Å². The van der Waals surface area contributed by atoms with Crippen molar-refractivity contribution in [1.82, 2.24) is 10.2 Å². The highest BCUT2D eigenvalue weighted by molar-refractivity contribution is 6.04. The molecule has 0 aromatic heterocycles. The van der Waals surface area contributed by atoms with E-state index in [1.807, 2.05) is 0 Å². The first kappa shape index (κ1) is 15.5. The molecule has 1 saturated carbocycles. The molecular weight excluding hydrogens is 276 g/mol. The number of nitrogens with zero attached hydrogens (tertiary/aromatic N) is 1. The number of amides is 3. The fourth-order valence-corrected chi connectivity index (χ4v) is 3.24.